The molecule has 1 aliphatic carbocycles. The Kier molecular flexibility index (Phi) is 5.22. The Labute approximate surface area is 98.0 Å². The number of aliphatic hydroxyl groups is 1. The summed E-state index contributed by atoms with van der Waals surface area (Å²) in [5.74, 6) is 0.634. The summed E-state index contributed by atoms with van der Waals surface area (Å²) < 4.78 is 0. The van der Waals surface area contributed by atoms with Crippen molar-refractivity contribution in [2.75, 3.05) is 20.1 Å². The third kappa shape index (κ3) is 4.10. The number of hydrogen-bond donors (Lipinski definition) is 2. The number of amides is 1. The Balaban J connectivity index is 2.15. The van der Waals surface area contributed by atoms with Crippen LogP contribution in [0.5, 0.6) is 0 Å². The first-order valence-electron chi connectivity index (χ1n) is 6.18. The van der Waals surface area contributed by atoms with Gasteiger partial charge >= 0.3 is 0 Å². The highest BCUT2D eigenvalue weighted by molar-refractivity contribution is 5.78. The smallest absolute Gasteiger partial charge is 0.236 e. The lowest BCUT2D eigenvalue weighted by Gasteiger charge is -2.34. The van der Waals surface area contributed by atoms with E-state index < -0.39 is 0 Å². The molecule has 4 nitrogen and oxygen atoms in total. The van der Waals surface area contributed by atoms with E-state index in [1.807, 2.05) is 7.05 Å². The fraction of sp³-hybridized carbons (Fsp3) is 0.917. The zero-order valence-corrected chi connectivity index (χ0v) is 10.6. The van der Waals surface area contributed by atoms with Crippen LogP contribution in [0.2, 0.25) is 0 Å². The summed E-state index contributed by atoms with van der Waals surface area (Å²) in [6, 6.07) is 0.392. The van der Waals surface area contributed by atoms with Gasteiger partial charge in [0.1, 0.15) is 0 Å². The van der Waals surface area contributed by atoms with Crippen molar-refractivity contribution in [1.29, 1.82) is 0 Å². The molecule has 0 radical (unpaired) electrons. The minimum atomic E-state index is -0.133. The van der Waals surface area contributed by atoms with E-state index in [-0.39, 0.29) is 12.0 Å². The summed E-state index contributed by atoms with van der Waals surface area (Å²) in [6.45, 7) is 5.37. The zero-order valence-electron chi connectivity index (χ0n) is 10.6. The molecule has 0 spiro atoms. The highest BCUT2D eigenvalue weighted by atomic mass is 16.3. The fourth-order valence-electron chi connectivity index (χ4n) is 1.88. The van der Waals surface area contributed by atoms with Gasteiger partial charge in [-0.05, 0) is 32.1 Å². The largest absolute Gasteiger partial charge is 0.393 e. The first-order valence-corrected chi connectivity index (χ1v) is 6.18. The molecule has 1 fully saturated rings. The molecule has 1 unspecified atom stereocenters. The van der Waals surface area contributed by atoms with E-state index in [4.69, 9.17) is 5.11 Å². The molecule has 4 heteroatoms. The van der Waals surface area contributed by atoms with Gasteiger partial charge in [-0.2, -0.15) is 0 Å². The van der Waals surface area contributed by atoms with Crippen LogP contribution >= 0.6 is 0 Å². The first-order chi connectivity index (χ1) is 7.52. The third-order valence-electron chi connectivity index (χ3n) is 3.38. The van der Waals surface area contributed by atoms with Crippen LogP contribution in [0.4, 0.5) is 0 Å². The molecule has 1 rings (SSSR count). The molecule has 2 N–H and O–H groups in total. The summed E-state index contributed by atoms with van der Waals surface area (Å²) in [7, 11) is 1.84. The van der Waals surface area contributed by atoms with E-state index in [0.29, 0.717) is 18.5 Å². The number of nitrogens with one attached hydrogen (secondary N) is 1. The van der Waals surface area contributed by atoms with E-state index in [1.165, 1.54) is 0 Å². The number of carbonyl (C=O) groups is 1. The van der Waals surface area contributed by atoms with Gasteiger partial charge in [0.25, 0.3) is 0 Å². The van der Waals surface area contributed by atoms with Gasteiger partial charge in [0, 0.05) is 19.6 Å². The molecule has 0 bridgehead atoms. The van der Waals surface area contributed by atoms with Crippen LogP contribution in [0.15, 0.2) is 0 Å². The quantitative estimate of drug-likeness (QED) is 0.700. The average Bonchev–Trinajstić information content (AvgIpc) is 2.22. The maximum Gasteiger partial charge on any atom is 0.236 e. The van der Waals surface area contributed by atoms with Crippen molar-refractivity contribution in [3.63, 3.8) is 0 Å². The Bertz CT molecular complexity index is 227. The topological polar surface area (TPSA) is 52.6 Å². The highest BCUT2D eigenvalue weighted by Crippen LogP contribution is 2.27. The highest BCUT2D eigenvalue weighted by Gasteiger charge is 2.28. The van der Waals surface area contributed by atoms with Gasteiger partial charge in [-0.1, -0.05) is 6.92 Å². The minimum Gasteiger partial charge on any atom is -0.393 e. The minimum absolute atomic E-state index is 0.133. The molecule has 1 amide bonds. The Morgan fingerprint density at radius 1 is 1.56 bits per heavy atom. The Morgan fingerprint density at radius 3 is 2.69 bits per heavy atom. The van der Waals surface area contributed by atoms with Crippen molar-refractivity contribution in [2.24, 2.45) is 5.92 Å². The van der Waals surface area contributed by atoms with Crippen LogP contribution in [0.3, 0.4) is 0 Å². The number of likely N-dealkylation sites (N-methyl/N-ethyl adjacent to an activating group) is 1. The van der Waals surface area contributed by atoms with Crippen molar-refractivity contribution in [3.05, 3.63) is 0 Å². The van der Waals surface area contributed by atoms with E-state index in [9.17, 15) is 4.79 Å². The second-order valence-electron chi connectivity index (χ2n) is 4.96. The fourth-order valence-corrected chi connectivity index (χ4v) is 1.88. The predicted octanol–water partition coefficient (Wildman–Crippen LogP) is 0.604. The van der Waals surface area contributed by atoms with Gasteiger partial charge in [-0.15, -0.1) is 0 Å². The van der Waals surface area contributed by atoms with Crippen LogP contribution in [0.25, 0.3) is 0 Å². The number of carbonyl (C=O) groups excluding carboxylic acids is 1. The van der Waals surface area contributed by atoms with Crippen LogP contribution in [0, 0.1) is 5.92 Å². The van der Waals surface area contributed by atoms with Crippen LogP contribution in [-0.4, -0.2) is 48.2 Å². The molecule has 0 aromatic carbocycles. The maximum absolute atomic E-state index is 11.7. The molecule has 0 aromatic heterocycles. The Morgan fingerprint density at radius 2 is 2.19 bits per heavy atom. The van der Waals surface area contributed by atoms with Crippen LogP contribution < -0.4 is 5.32 Å². The van der Waals surface area contributed by atoms with Crippen molar-refractivity contribution >= 4 is 5.91 Å². The van der Waals surface area contributed by atoms with E-state index in [2.05, 4.69) is 19.2 Å². The van der Waals surface area contributed by atoms with Gasteiger partial charge in [-0.3, -0.25) is 4.79 Å². The molecule has 1 atom stereocenters. The second-order valence-corrected chi connectivity index (χ2v) is 4.96. The normalized spacial score (nSPS) is 26.0. The predicted molar refractivity (Wildman–Crippen MR) is 64.1 cm³/mol. The number of aliphatic hydroxyl groups excluding tert-OH is 1. The molecular formula is C12H24N2O2. The lowest BCUT2D eigenvalue weighted by molar-refractivity contribution is -0.130. The summed E-state index contributed by atoms with van der Waals surface area (Å²) in [6.07, 6.45) is 2.59. The van der Waals surface area contributed by atoms with Crippen LogP contribution in [0.1, 0.15) is 33.1 Å². The SMILES string of the molecule is CCC(C)NCC(=O)N(C)CC1CC(O)C1. The molecule has 94 valence electrons. The number of rotatable bonds is 6. The van der Waals surface area contributed by atoms with Gasteiger partial charge in [0.15, 0.2) is 0 Å². The molecule has 0 saturated heterocycles. The van der Waals surface area contributed by atoms with E-state index in [1.54, 1.807) is 4.90 Å². The molecule has 0 aromatic rings. The van der Waals surface area contributed by atoms with Crippen molar-refractivity contribution in [1.82, 2.24) is 10.2 Å². The summed E-state index contributed by atoms with van der Waals surface area (Å²) in [5, 5.41) is 12.4. The zero-order chi connectivity index (χ0) is 12.1. The van der Waals surface area contributed by atoms with Crippen molar-refractivity contribution < 1.29 is 9.90 Å². The summed E-state index contributed by atoms with van der Waals surface area (Å²) in [5.41, 5.74) is 0. The summed E-state index contributed by atoms with van der Waals surface area (Å²) >= 11 is 0. The van der Waals surface area contributed by atoms with Gasteiger partial charge < -0.3 is 15.3 Å². The molecule has 16 heavy (non-hydrogen) atoms. The number of hydrogen-bond acceptors (Lipinski definition) is 3. The van der Waals surface area contributed by atoms with Crippen molar-refractivity contribution in [2.45, 2.75) is 45.3 Å². The molecule has 1 saturated carbocycles. The molecule has 0 heterocycles. The standard InChI is InChI=1S/C12H24N2O2/c1-4-9(2)13-7-12(16)14(3)8-10-5-11(15)6-10/h9-11,13,15H,4-8H2,1-3H3. The monoisotopic (exact) mass is 228 g/mol. The number of nitrogens with zero attached hydrogens (tertiary/aromatic N) is 1. The maximum atomic E-state index is 11.7. The van der Waals surface area contributed by atoms with Gasteiger partial charge in [0.2, 0.25) is 5.91 Å². The van der Waals surface area contributed by atoms with Crippen molar-refractivity contribution in [3.8, 4) is 0 Å². The molecular weight excluding hydrogens is 204 g/mol. The Hall–Kier alpha value is -0.610. The second kappa shape index (κ2) is 6.21. The molecule has 0 aliphatic heterocycles. The lowest BCUT2D eigenvalue weighted by atomic mass is 9.82. The van der Waals surface area contributed by atoms with E-state index >= 15 is 0 Å². The van der Waals surface area contributed by atoms with Gasteiger partial charge in [0.05, 0.1) is 12.6 Å². The summed E-state index contributed by atoms with van der Waals surface area (Å²) in [4.78, 5) is 13.5. The van der Waals surface area contributed by atoms with Crippen LogP contribution in [-0.2, 0) is 4.79 Å². The first kappa shape index (κ1) is 13.5. The third-order valence-corrected chi connectivity index (χ3v) is 3.38. The average molecular weight is 228 g/mol. The van der Waals surface area contributed by atoms with E-state index in [0.717, 1.165) is 25.8 Å². The lowest BCUT2D eigenvalue weighted by Crippen LogP contribution is -2.43. The van der Waals surface area contributed by atoms with Gasteiger partial charge in [-0.25, -0.2) is 0 Å². The molecule has 1 aliphatic rings.